The Labute approximate surface area is 171 Å². The van der Waals surface area contributed by atoms with Crippen molar-refractivity contribution in [2.24, 2.45) is 0 Å². The monoisotopic (exact) mass is 410 g/mol. The van der Waals surface area contributed by atoms with Crippen LogP contribution >= 0.6 is 12.2 Å². The summed E-state index contributed by atoms with van der Waals surface area (Å²) >= 11 is 5.19. The third-order valence-electron chi connectivity index (χ3n) is 4.12. The van der Waals surface area contributed by atoms with E-state index in [1.807, 2.05) is 13.8 Å². The molecule has 1 aromatic rings. The number of ether oxygens (including phenoxy) is 3. The van der Waals surface area contributed by atoms with Crippen molar-refractivity contribution in [3.8, 4) is 11.5 Å². The van der Waals surface area contributed by atoms with Crippen LogP contribution in [-0.4, -0.2) is 68.5 Å². The first-order valence-corrected chi connectivity index (χ1v) is 9.89. The number of carbonyl (C=O) groups excluding carboxylic acids is 1. The standard InChI is InChI=1S/C19H30N4O4S/c1-14(2)27-16-6-5-15(13-17(16)25-3)18(24)21-22-19(28)20-7-4-8-23-9-11-26-12-10-23/h5-6,13-14H,4,7-12H2,1-3H3,(H,21,24)(H2,20,22,28). The number of thiocarbonyl (C=S) groups is 1. The van der Waals surface area contributed by atoms with Gasteiger partial charge < -0.3 is 19.5 Å². The van der Waals surface area contributed by atoms with E-state index in [4.69, 9.17) is 26.4 Å². The van der Waals surface area contributed by atoms with Crippen molar-refractivity contribution in [3.63, 3.8) is 0 Å². The number of amides is 1. The Balaban J connectivity index is 1.71. The van der Waals surface area contributed by atoms with E-state index in [0.29, 0.717) is 22.2 Å². The number of nitrogens with zero attached hydrogens (tertiary/aromatic N) is 1. The second kappa shape index (κ2) is 11.7. The maximum atomic E-state index is 12.3. The van der Waals surface area contributed by atoms with E-state index in [2.05, 4.69) is 21.1 Å². The summed E-state index contributed by atoms with van der Waals surface area (Å²) in [4.78, 5) is 14.7. The minimum atomic E-state index is -0.313. The Kier molecular flexibility index (Phi) is 9.26. The number of benzene rings is 1. The lowest BCUT2D eigenvalue weighted by molar-refractivity contribution is 0.0376. The molecule has 9 heteroatoms. The van der Waals surface area contributed by atoms with Crippen LogP contribution in [0.4, 0.5) is 0 Å². The van der Waals surface area contributed by atoms with Crippen LogP contribution in [0, 0.1) is 0 Å². The fraction of sp³-hybridized carbons (Fsp3) is 0.579. The van der Waals surface area contributed by atoms with Crippen LogP contribution in [0.3, 0.4) is 0 Å². The minimum Gasteiger partial charge on any atom is -0.493 e. The summed E-state index contributed by atoms with van der Waals surface area (Å²) in [5.74, 6) is 0.788. The summed E-state index contributed by atoms with van der Waals surface area (Å²) in [6.07, 6.45) is 0.978. The molecule has 2 rings (SSSR count). The second-order valence-electron chi connectivity index (χ2n) is 6.67. The number of hydrogen-bond donors (Lipinski definition) is 3. The predicted molar refractivity (Wildman–Crippen MR) is 112 cm³/mol. The number of morpholine rings is 1. The fourth-order valence-corrected chi connectivity index (χ4v) is 2.87. The zero-order valence-electron chi connectivity index (χ0n) is 16.7. The van der Waals surface area contributed by atoms with Gasteiger partial charge in [0.1, 0.15) is 0 Å². The highest BCUT2D eigenvalue weighted by atomic mass is 32.1. The zero-order chi connectivity index (χ0) is 20.4. The van der Waals surface area contributed by atoms with E-state index in [1.54, 1.807) is 25.3 Å². The summed E-state index contributed by atoms with van der Waals surface area (Å²) in [5, 5.41) is 3.46. The molecule has 1 fully saturated rings. The molecular formula is C19H30N4O4S. The van der Waals surface area contributed by atoms with Gasteiger partial charge in [0.2, 0.25) is 0 Å². The molecule has 1 heterocycles. The van der Waals surface area contributed by atoms with E-state index < -0.39 is 0 Å². The van der Waals surface area contributed by atoms with Crippen LogP contribution < -0.4 is 25.6 Å². The Morgan fingerprint density at radius 1 is 1.25 bits per heavy atom. The van der Waals surface area contributed by atoms with Gasteiger partial charge in [0.05, 0.1) is 26.4 Å². The molecule has 0 saturated carbocycles. The topological polar surface area (TPSA) is 84.1 Å². The maximum absolute atomic E-state index is 12.3. The smallest absolute Gasteiger partial charge is 0.269 e. The molecule has 1 aromatic carbocycles. The highest BCUT2D eigenvalue weighted by Gasteiger charge is 2.13. The average Bonchev–Trinajstić information content (AvgIpc) is 2.70. The molecule has 0 aliphatic carbocycles. The fourth-order valence-electron chi connectivity index (χ4n) is 2.72. The molecule has 0 aromatic heterocycles. The molecule has 156 valence electrons. The summed E-state index contributed by atoms with van der Waals surface area (Å²) in [5.41, 5.74) is 5.74. The maximum Gasteiger partial charge on any atom is 0.269 e. The van der Waals surface area contributed by atoms with Crippen LogP contribution in [0.15, 0.2) is 18.2 Å². The van der Waals surface area contributed by atoms with Crippen molar-refractivity contribution in [3.05, 3.63) is 23.8 Å². The van der Waals surface area contributed by atoms with Crippen molar-refractivity contribution in [2.45, 2.75) is 26.4 Å². The Morgan fingerprint density at radius 2 is 2.00 bits per heavy atom. The van der Waals surface area contributed by atoms with Gasteiger partial charge in [-0.05, 0) is 57.2 Å². The van der Waals surface area contributed by atoms with E-state index in [0.717, 1.165) is 45.8 Å². The van der Waals surface area contributed by atoms with Crippen LogP contribution in [0.1, 0.15) is 30.6 Å². The molecule has 8 nitrogen and oxygen atoms in total. The van der Waals surface area contributed by atoms with Gasteiger partial charge in [-0.3, -0.25) is 20.5 Å². The summed E-state index contributed by atoms with van der Waals surface area (Å²) in [6.45, 7) is 9.14. The lowest BCUT2D eigenvalue weighted by Gasteiger charge is -2.26. The Hall–Kier alpha value is -2.10. The first-order valence-electron chi connectivity index (χ1n) is 9.48. The predicted octanol–water partition coefficient (Wildman–Crippen LogP) is 1.31. The van der Waals surface area contributed by atoms with Crippen molar-refractivity contribution in [1.29, 1.82) is 0 Å². The van der Waals surface area contributed by atoms with Crippen LogP contribution in [0.5, 0.6) is 11.5 Å². The third kappa shape index (κ3) is 7.49. The van der Waals surface area contributed by atoms with Gasteiger partial charge in [0.15, 0.2) is 16.6 Å². The first-order chi connectivity index (χ1) is 13.5. The summed E-state index contributed by atoms with van der Waals surface area (Å²) < 4.78 is 16.3. The Bertz CT molecular complexity index is 651. The molecule has 0 bridgehead atoms. The first kappa shape index (κ1) is 22.2. The quantitative estimate of drug-likeness (QED) is 0.336. The van der Waals surface area contributed by atoms with E-state index in [-0.39, 0.29) is 12.0 Å². The van der Waals surface area contributed by atoms with Crippen molar-refractivity contribution in [1.82, 2.24) is 21.1 Å². The molecule has 0 spiro atoms. The third-order valence-corrected chi connectivity index (χ3v) is 4.36. The normalized spacial score (nSPS) is 14.4. The van der Waals surface area contributed by atoms with Crippen molar-refractivity contribution in [2.75, 3.05) is 46.5 Å². The number of carbonyl (C=O) groups is 1. The van der Waals surface area contributed by atoms with Crippen molar-refractivity contribution < 1.29 is 19.0 Å². The van der Waals surface area contributed by atoms with E-state index in [9.17, 15) is 4.79 Å². The SMILES string of the molecule is COc1cc(C(=O)NNC(=S)NCCCN2CCOCC2)ccc1OC(C)C. The number of hydrazine groups is 1. The molecule has 1 amide bonds. The van der Waals surface area contributed by atoms with Gasteiger partial charge in [-0.25, -0.2) is 0 Å². The number of nitrogens with one attached hydrogen (secondary N) is 3. The van der Waals surface area contributed by atoms with Gasteiger partial charge >= 0.3 is 0 Å². The average molecular weight is 411 g/mol. The van der Waals surface area contributed by atoms with E-state index >= 15 is 0 Å². The zero-order valence-corrected chi connectivity index (χ0v) is 17.6. The van der Waals surface area contributed by atoms with Crippen LogP contribution in [-0.2, 0) is 4.74 Å². The lowest BCUT2D eigenvalue weighted by atomic mass is 10.2. The Morgan fingerprint density at radius 3 is 2.68 bits per heavy atom. The van der Waals surface area contributed by atoms with Gasteiger partial charge in [0.25, 0.3) is 5.91 Å². The van der Waals surface area contributed by atoms with Crippen LogP contribution in [0.25, 0.3) is 0 Å². The van der Waals surface area contributed by atoms with Gasteiger partial charge in [-0.15, -0.1) is 0 Å². The number of hydrogen-bond acceptors (Lipinski definition) is 6. The molecule has 0 radical (unpaired) electrons. The second-order valence-corrected chi connectivity index (χ2v) is 7.08. The largest absolute Gasteiger partial charge is 0.493 e. The van der Waals surface area contributed by atoms with Gasteiger partial charge in [0, 0.05) is 25.2 Å². The molecule has 3 N–H and O–H groups in total. The molecule has 0 unspecified atom stereocenters. The highest BCUT2D eigenvalue weighted by molar-refractivity contribution is 7.80. The molecule has 1 aliphatic heterocycles. The molecule has 28 heavy (non-hydrogen) atoms. The number of methoxy groups -OCH3 is 1. The van der Waals surface area contributed by atoms with E-state index in [1.165, 1.54) is 0 Å². The summed E-state index contributed by atoms with van der Waals surface area (Å²) in [6, 6.07) is 5.03. The highest BCUT2D eigenvalue weighted by Crippen LogP contribution is 2.28. The van der Waals surface area contributed by atoms with Crippen LogP contribution in [0.2, 0.25) is 0 Å². The minimum absolute atomic E-state index is 0.0157. The molecular weight excluding hydrogens is 380 g/mol. The summed E-state index contributed by atoms with van der Waals surface area (Å²) in [7, 11) is 1.54. The van der Waals surface area contributed by atoms with Gasteiger partial charge in [-0.2, -0.15) is 0 Å². The van der Waals surface area contributed by atoms with Gasteiger partial charge in [-0.1, -0.05) is 0 Å². The molecule has 1 saturated heterocycles. The lowest BCUT2D eigenvalue weighted by Crippen LogP contribution is -2.47. The molecule has 1 aliphatic rings. The number of rotatable bonds is 8. The molecule has 0 atom stereocenters. The van der Waals surface area contributed by atoms with Crippen molar-refractivity contribution >= 4 is 23.2 Å².